The highest BCUT2D eigenvalue weighted by molar-refractivity contribution is 6.34. The van der Waals surface area contributed by atoms with E-state index in [9.17, 15) is 9.59 Å². The molecule has 1 heterocycles. The Hall–Kier alpha value is -1.65. The molecule has 2 amide bonds. The van der Waals surface area contributed by atoms with Crippen LogP contribution in [0.2, 0.25) is 5.02 Å². The van der Waals surface area contributed by atoms with Crippen LogP contribution in [0.4, 0.5) is 0 Å². The molecule has 88 valence electrons. The number of amides is 2. The summed E-state index contributed by atoms with van der Waals surface area (Å²) in [5, 5.41) is 0.588. The van der Waals surface area contributed by atoms with Gasteiger partial charge in [-0.05, 0) is 17.7 Å². The van der Waals surface area contributed by atoms with Crippen molar-refractivity contribution in [3.05, 3.63) is 40.9 Å². The van der Waals surface area contributed by atoms with Gasteiger partial charge < -0.3 is 5.73 Å². The van der Waals surface area contributed by atoms with Crippen LogP contribution in [0.1, 0.15) is 5.56 Å². The molecular weight excluding hydrogens is 240 g/mol. The molecule has 2 N–H and O–H groups in total. The summed E-state index contributed by atoms with van der Waals surface area (Å²) < 4.78 is 0. The average molecular weight is 251 g/mol. The monoisotopic (exact) mass is 250 g/mol. The summed E-state index contributed by atoms with van der Waals surface area (Å²) in [5.74, 6) is -0.617. The largest absolute Gasteiger partial charge is 0.329 e. The lowest BCUT2D eigenvalue weighted by Crippen LogP contribution is -2.35. The van der Waals surface area contributed by atoms with Crippen LogP contribution < -0.4 is 5.73 Å². The van der Waals surface area contributed by atoms with Gasteiger partial charge in [-0.25, -0.2) is 0 Å². The van der Waals surface area contributed by atoms with Crippen molar-refractivity contribution in [3.8, 4) is 0 Å². The lowest BCUT2D eigenvalue weighted by atomic mass is 10.1. The summed E-state index contributed by atoms with van der Waals surface area (Å²) >= 11 is 5.76. The van der Waals surface area contributed by atoms with Crippen molar-refractivity contribution in [2.24, 2.45) is 5.73 Å². The predicted octanol–water partition coefficient (Wildman–Crippen LogP) is 1.05. The molecule has 0 unspecified atom stereocenters. The number of halogens is 1. The molecular formula is C12H11ClN2O2. The van der Waals surface area contributed by atoms with Crippen LogP contribution in [-0.4, -0.2) is 29.8 Å². The Morgan fingerprint density at radius 3 is 2.41 bits per heavy atom. The van der Waals surface area contributed by atoms with Crippen molar-refractivity contribution in [2.75, 3.05) is 13.1 Å². The van der Waals surface area contributed by atoms with Gasteiger partial charge in [0.05, 0.1) is 5.57 Å². The molecule has 0 radical (unpaired) electrons. The number of rotatable bonds is 3. The normalized spacial score (nSPS) is 15.4. The fourth-order valence-electron chi connectivity index (χ4n) is 1.69. The molecule has 5 heteroatoms. The number of imide groups is 1. The molecule has 1 aliphatic rings. The number of benzene rings is 1. The van der Waals surface area contributed by atoms with E-state index in [1.165, 1.54) is 6.08 Å². The Morgan fingerprint density at radius 2 is 1.82 bits per heavy atom. The van der Waals surface area contributed by atoms with E-state index in [0.717, 1.165) is 4.90 Å². The minimum atomic E-state index is -0.314. The number of carbonyl (C=O) groups excluding carboxylic acids is 2. The lowest BCUT2D eigenvalue weighted by Gasteiger charge is -2.12. The third kappa shape index (κ3) is 2.23. The van der Waals surface area contributed by atoms with Gasteiger partial charge in [0.1, 0.15) is 0 Å². The van der Waals surface area contributed by atoms with Gasteiger partial charge in [0.25, 0.3) is 11.8 Å². The second-order valence-corrected chi connectivity index (χ2v) is 4.09. The standard InChI is InChI=1S/C12H11ClN2O2/c13-9-3-1-8(2-4-9)10-7-11(16)15(6-5-14)12(10)17/h1-4,7H,5-6,14H2. The summed E-state index contributed by atoms with van der Waals surface area (Å²) in [7, 11) is 0. The summed E-state index contributed by atoms with van der Waals surface area (Å²) in [4.78, 5) is 24.7. The SMILES string of the molecule is NCCN1C(=O)C=C(c2ccc(Cl)cc2)C1=O. The molecule has 0 atom stereocenters. The number of nitrogens with two attached hydrogens (primary N) is 1. The van der Waals surface area contributed by atoms with E-state index in [1.54, 1.807) is 24.3 Å². The number of carbonyl (C=O) groups is 2. The van der Waals surface area contributed by atoms with Crippen LogP contribution in [0.3, 0.4) is 0 Å². The van der Waals surface area contributed by atoms with E-state index >= 15 is 0 Å². The molecule has 4 nitrogen and oxygen atoms in total. The smallest absolute Gasteiger partial charge is 0.261 e. The molecule has 2 rings (SSSR count). The maximum atomic E-state index is 11.9. The molecule has 1 aromatic carbocycles. The van der Waals surface area contributed by atoms with Gasteiger partial charge in [-0.2, -0.15) is 0 Å². The zero-order chi connectivity index (χ0) is 12.4. The minimum absolute atomic E-state index is 0.241. The highest BCUT2D eigenvalue weighted by atomic mass is 35.5. The summed E-state index contributed by atoms with van der Waals surface area (Å²) in [5.41, 5.74) is 6.43. The molecule has 0 saturated carbocycles. The van der Waals surface area contributed by atoms with Crippen molar-refractivity contribution in [3.63, 3.8) is 0 Å². The fourth-order valence-corrected chi connectivity index (χ4v) is 1.81. The zero-order valence-corrected chi connectivity index (χ0v) is 9.78. The quantitative estimate of drug-likeness (QED) is 0.816. The molecule has 1 aliphatic heterocycles. The summed E-state index contributed by atoms with van der Waals surface area (Å²) in [6.45, 7) is 0.504. The average Bonchev–Trinajstić information content (AvgIpc) is 2.59. The number of hydrogen-bond donors (Lipinski definition) is 1. The van der Waals surface area contributed by atoms with E-state index < -0.39 is 0 Å². The molecule has 0 aliphatic carbocycles. The van der Waals surface area contributed by atoms with Crippen LogP contribution in [0.15, 0.2) is 30.3 Å². The summed E-state index contributed by atoms with van der Waals surface area (Å²) in [6.07, 6.45) is 1.33. The third-order valence-corrected chi connectivity index (χ3v) is 2.77. The fraction of sp³-hybridized carbons (Fsp3) is 0.167. The summed E-state index contributed by atoms with van der Waals surface area (Å²) in [6, 6.07) is 6.79. The van der Waals surface area contributed by atoms with E-state index in [0.29, 0.717) is 16.2 Å². The predicted molar refractivity (Wildman–Crippen MR) is 65.2 cm³/mol. The van der Waals surface area contributed by atoms with Gasteiger partial charge in [-0.3, -0.25) is 14.5 Å². The maximum Gasteiger partial charge on any atom is 0.261 e. The minimum Gasteiger partial charge on any atom is -0.329 e. The Balaban J connectivity index is 2.29. The van der Waals surface area contributed by atoms with Gasteiger partial charge >= 0.3 is 0 Å². The lowest BCUT2D eigenvalue weighted by molar-refractivity contribution is -0.136. The van der Waals surface area contributed by atoms with Gasteiger partial charge in [-0.1, -0.05) is 23.7 Å². The van der Waals surface area contributed by atoms with Crippen molar-refractivity contribution >= 4 is 29.0 Å². The third-order valence-electron chi connectivity index (χ3n) is 2.52. The van der Waals surface area contributed by atoms with Gasteiger partial charge in [0.15, 0.2) is 0 Å². The van der Waals surface area contributed by atoms with Gasteiger partial charge in [0, 0.05) is 24.2 Å². The van der Waals surface area contributed by atoms with Crippen molar-refractivity contribution in [2.45, 2.75) is 0 Å². The van der Waals surface area contributed by atoms with Crippen LogP contribution in [-0.2, 0) is 9.59 Å². The van der Waals surface area contributed by atoms with Crippen LogP contribution in [0.25, 0.3) is 5.57 Å². The van der Waals surface area contributed by atoms with E-state index in [4.69, 9.17) is 17.3 Å². The number of hydrogen-bond acceptors (Lipinski definition) is 3. The first-order valence-electron chi connectivity index (χ1n) is 5.17. The Labute approximate surface area is 104 Å². The molecule has 0 bridgehead atoms. The molecule has 0 aromatic heterocycles. The highest BCUT2D eigenvalue weighted by Gasteiger charge is 2.30. The molecule has 17 heavy (non-hydrogen) atoms. The second kappa shape index (κ2) is 4.69. The second-order valence-electron chi connectivity index (χ2n) is 3.65. The van der Waals surface area contributed by atoms with Crippen LogP contribution in [0, 0.1) is 0 Å². The Kier molecular flexibility index (Phi) is 3.26. The van der Waals surface area contributed by atoms with Crippen LogP contribution in [0.5, 0.6) is 0 Å². The molecule has 0 saturated heterocycles. The van der Waals surface area contributed by atoms with E-state index in [-0.39, 0.29) is 24.9 Å². The molecule has 1 aromatic rings. The van der Waals surface area contributed by atoms with Crippen molar-refractivity contribution in [1.29, 1.82) is 0 Å². The molecule has 0 fully saturated rings. The zero-order valence-electron chi connectivity index (χ0n) is 9.02. The maximum absolute atomic E-state index is 11.9. The highest BCUT2D eigenvalue weighted by Crippen LogP contribution is 2.24. The van der Waals surface area contributed by atoms with Crippen molar-refractivity contribution < 1.29 is 9.59 Å². The first-order valence-corrected chi connectivity index (χ1v) is 5.55. The number of nitrogens with zero attached hydrogens (tertiary/aromatic N) is 1. The van der Waals surface area contributed by atoms with E-state index in [2.05, 4.69) is 0 Å². The first kappa shape index (κ1) is 11.8. The molecule has 0 spiro atoms. The van der Waals surface area contributed by atoms with Gasteiger partial charge in [0.2, 0.25) is 0 Å². The van der Waals surface area contributed by atoms with E-state index in [1.807, 2.05) is 0 Å². The van der Waals surface area contributed by atoms with Crippen LogP contribution >= 0.6 is 11.6 Å². The topological polar surface area (TPSA) is 63.4 Å². The van der Waals surface area contributed by atoms with Gasteiger partial charge in [-0.15, -0.1) is 0 Å². The first-order chi connectivity index (χ1) is 8.13. The van der Waals surface area contributed by atoms with Crippen molar-refractivity contribution in [1.82, 2.24) is 4.90 Å². The Bertz CT molecular complexity index is 494. The Morgan fingerprint density at radius 1 is 1.18 bits per heavy atom.